The molecule has 0 aromatic heterocycles. The van der Waals surface area contributed by atoms with E-state index in [2.05, 4.69) is 24.0 Å². The Labute approximate surface area is 147 Å². The first-order chi connectivity index (χ1) is 12.2. The maximum atomic E-state index is 13.2. The van der Waals surface area contributed by atoms with Crippen LogP contribution in [-0.2, 0) is 6.54 Å². The number of ether oxygens (including phenoxy) is 1. The normalized spacial score (nSPS) is 10.3. The third-order valence-corrected chi connectivity index (χ3v) is 4.07. The van der Waals surface area contributed by atoms with Crippen LogP contribution in [-0.4, -0.2) is 7.11 Å². The fraction of sp³-hybridized carbons (Fsp3) is 0.0909. The summed E-state index contributed by atoms with van der Waals surface area (Å²) in [5.41, 5.74) is 4.77. The second-order valence-electron chi connectivity index (χ2n) is 5.74. The minimum atomic E-state index is -0.260. The molecular formula is C22H20FNO. The van der Waals surface area contributed by atoms with E-state index in [1.165, 1.54) is 17.7 Å². The maximum Gasteiger partial charge on any atom is 0.123 e. The first kappa shape index (κ1) is 16.8. The van der Waals surface area contributed by atoms with Crippen LogP contribution in [0.3, 0.4) is 0 Å². The zero-order chi connectivity index (χ0) is 17.6. The molecule has 3 aromatic carbocycles. The van der Waals surface area contributed by atoms with Crippen molar-refractivity contribution < 1.29 is 9.13 Å². The van der Waals surface area contributed by atoms with Crippen LogP contribution < -0.4 is 10.1 Å². The molecule has 0 radical (unpaired) electrons. The second-order valence-corrected chi connectivity index (χ2v) is 5.74. The Morgan fingerprint density at radius 1 is 1.00 bits per heavy atom. The number of halogens is 1. The molecule has 0 saturated heterocycles. The zero-order valence-electron chi connectivity index (χ0n) is 14.1. The van der Waals surface area contributed by atoms with Gasteiger partial charge in [-0.3, -0.25) is 0 Å². The third-order valence-electron chi connectivity index (χ3n) is 4.07. The van der Waals surface area contributed by atoms with Gasteiger partial charge in [0.1, 0.15) is 11.6 Å². The SMILES string of the molecule is C=C(c1ccc(F)cc1)c1cc(OC)ccc1NCc1ccccc1. The molecule has 0 amide bonds. The molecule has 0 aliphatic heterocycles. The highest BCUT2D eigenvalue weighted by Gasteiger charge is 2.10. The number of rotatable bonds is 6. The number of hydrogen-bond donors (Lipinski definition) is 1. The van der Waals surface area contributed by atoms with Crippen molar-refractivity contribution in [1.82, 2.24) is 0 Å². The van der Waals surface area contributed by atoms with Gasteiger partial charge in [0.05, 0.1) is 7.11 Å². The molecular weight excluding hydrogens is 313 g/mol. The summed E-state index contributed by atoms with van der Waals surface area (Å²) in [4.78, 5) is 0. The van der Waals surface area contributed by atoms with Crippen LogP contribution in [0.15, 0.2) is 79.4 Å². The fourth-order valence-electron chi connectivity index (χ4n) is 2.65. The van der Waals surface area contributed by atoms with Crippen molar-refractivity contribution >= 4 is 11.3 Å². The van der Waals surface area contributed by atoms with E-state index >= 15 is 0 Å². The first-order valence-corrected chi connectivity index (χ1v) is 8.08. The van der Waals surface area contributed by atoms with Crippen molar-refractivity contribution in [1.29, 1.82) is 0 Å². The van der Waals surface area contributed by atoms with Crippen LogP contribution in [0, 0.1) is 5.82 Å². The van der Waals surface area contributed by atoms with E-state index < -0.39 is 0 Å². The Balaban J connectivity index is 1.90. The molecule has 0 unspecified atom stereocenters. The predicted molar refractivity (Wildman–Crippen MR) is 101 cm³/mol. The Morgan fingerprint density at radius 2 is 1.72 bits per heavy atom. The van der Waals surface area contributed by atoms with Crippen molar-refractivity contribution in [3.05, 3.63) is 102 Å². The minimum absolute atomic E-state index is 0.260. The van der Waals surface area contributed by atoms with Gasteiger partial charge in [-0.05, 0) is 47.0 Å². The number of benzene rings is 3. The van der Waals surface area contributed by atoms with Crippen LogP contribution in [0.1, 0.15) is 16.7 Å². The summed E-state index contributed by atoms with van der Waals surface area (Å²) in [6, 6.07) is 22.4. The van der Waals surface area contributed by atoms with Gasteiger partial charge in [0.15, 0.2) is 0 Å². The van der Waals surface area contributed by atoms with E-state index in [1.54, 1.807) is 19.2 Å². The molecule has 0 aliphatic carbocycles. The van der Waals surface area contributed by atoms with Gasteiger partial charge in [-0.2, -0.15) is 0 Å². The van der Waals surface area contributed by atoms with Gasteiger partial charge in [-0.1, -0.05) is 49.0 Å². The molecule has 3 rings (SSSR count). The van der Waals surface area contributed by atoms with Crippen molar-refractivity contribution in [2.45, 2.75) is 6.54 Å². The average molecular weight is 333 g/mol. The van der Waals surface area contributed by atoms with E-state index in [-0.39, 0.29) is 5.82 Å². The summed E-state index contributed by atoms with van der Waals surface area (Å²) < 4.78 is 18.5. The summed E-state index contributed by atoms with van der Waals surface area (Å²) in [5.74, 6) is 0.494. The maximum absolute atomic E-state index is 13.2. The molecule has 2 nitrogen and oxygen atoms in total. The molecule has 0 fully saturated rings. The smallest absolute Gasteiger partial charge is 0.123 e. The molecule has 3 heteroatoms. The first-order valence-electron chi connectivity index (χ1n) is 8.08. The number of nitrogens with one attached hydrogen (secondary N) is 1. The van der Waals surface area contributed by atoms with Crippen LogP contribution in [0.25, 0.3) is 5.57 Å². The Morgan fingerprint density at radius 3 is 2.40 bits per heavy atom. The van der Waals surface area contributed by atoms with Crippen molar-refractivity contribution in [2.75, 3.05) is 12.4 Å². The lowest BCUT2D eigenvalue weighted by atomic mass is 9.97. The predicted octanol–water partition coefficient (Wildman–Crippen LogP) is 5.51. The Hall–Kier alpha value is -3.07. The van der Waals surface area contributed by atoms with Crippen molar-refractivity contribution in [3.63, 3.8) is 0 Å². The van der Waals surface area contributed by atoms with Gasteiger partial charge in [-0.15, -0.1) is 0 Å². The van der Waals surface area contributed by atoms with Gasteiger partial charge in [0.2, 0.25) is 0 Å². The van der Waals surface area contributed by atoms with Gasteiger partial charge >= 0.3 is 0 Å². The average Bonchev–Trinajstić information content (AvgIpc) is 2.67. The highest BCUT2D eigenvalue weighted by atomic mass is 19.1. The number of anilines is 1. The lowest BCUT2D eigenvalue weighted by molar-refractivity contribution is 0.414. The van der Waals surface area contributed by atoms with Gasteiger partial charge in [-0.25, -0.2) is 4.39 Å². The van der Waals surface area contributed by atoms with E-state index in [0.717, 1.165) is 28.1 Å². The quantitative estimate of drug-likeness (QED) is 0.642. The molecule has 25 heavy (non-hydrogen) atoms. The molecule has 0 heterocycles. The zero-order valence-corrected chi connectivity index (χ0v) is 14.1. The van der Waals surface area contributed by atoms with E-state index in [0.29, 0.717) is 6.54 Å². The number of hydrogen-bond acceptors (Lipinski definition) is 2. The van der Waals surface area contributed by atoms with E-state index in [9.17, 15) is 4.39 Å². The number of methoxy groups -OCH3 is 1. The molecule has 126 valence electrons. The summed E-state index contributed by atoms with van der Waals surface area (Å²) >= 11 is 0. The fourth-order valence-corrected chi connectivity index (χ4v) is 2.65. The van der Waals surface area contributed by atoms with Crippen molar-refractivity contribution in [3.8, 4) is 5.75 Å². The Bertz CT molecular complexity index is 857. The van der Waals surface area contributed by atoms with Gasteiger partial charge < -0.3 is 10.1 Å². The van der Waals surface area contributed by atoms with Crippen LogP contribution >= 0.6 is 0 Å². The lowest BCUT2D eigenvalue weighted by Crippen LogP contribution is -2.03. The van der Waals surface area contributed by atoms with E-state index in [1.807, 2.05) is 36.4 Å². The molecule has 1 N–H and O–H groups in total. The van der Waals surface area contributed by atoms with Crippen LogP contribution in [0.5, 0.6) is 5.75 Å². The van der Waals surface area contributed by atoms with Gasteiger partial charge in [0.25, 0.3) is 0 Å². The minimum Gasteiger partial charge on any atom is -0.497 e. The monoisotopic (exact) mass is 333 g/mol. The topological polar surface area (TPSA) is 21.3 Å². The molecule has 0 bridgehead atoms. The second kappa shape index (κ2) is 7.67. The summed E-state index contributed by atoms with van der Waals surface area (Å²) in [6.07, 6.45) is 0. The highest BCUT2D eigenvalue weighted by molar-refractivity contribution is 5.85. The van der Waals surface area contributed by atoms with Gasteiger partial charge in [0, 0.05) is 17.8 Å². The molecule has 0 atom stereocenters. The highest BCUT2D eigenvalue weighted by Crippen LogP contribution is 2.32. The van der Waals surface area contributed by atoms with Crippen LogP contribution in [0.4, 0.5) is 10.1 Å². The molecule has 3 aromatic rings. The molecule has 0 aliphatic rings. The van der Waals surface area contributed by atoms with Crippen LogP contribution in [0.2, 0.25) is 0 Å². The third kappa shape index (κ3) is 4.07. The van der Waals surface area contributed by atoms with E-state index in [4.69, 9.17) is 4.74 Å². The Kier molecular flexibility index (Phi) is 5.14. The molecule has 0 saturated carbocycles. The molecule has 0 spiro atoms. The summed E-state index contributed by atoms with van der Waals surface area (Å²) in [6.45, 7) is 4.90. The summed E-state index contributed by atoms with van der Waals surface area (Å²) in [5, 5.41) is 3.45. The van der Waals surface area contributed by atoms with Crippen molar-refractivity contribution in [2.24, 2.45) is 0 Å². The largest absolute Gasteiger partial charge is 0.497 e. The summed E-state index contributed by atoms with van der Waals surface area (Å²) in [7, 11) is 1.64. The standard InChI is InChI=1S/C22H20FNO/c1-16(18-8-10-19(23)11-9-18)21-14-20(25-2)12-13-22(21)24-15-17-6-4-3-5-7-17/h3-14,24H,1,15H2,2H3. The lowest BCUT2D eigenvalue weighted by Gasteiger charge is -2.16.